The monoisotopic (exact) mass is 555 g/mol. The Balaban J connectivity index is 2.35. The van der Waals surface area contributed by atoms with Gasteiger partial charge in [0.1, 0.15) is 0 Å². The fourth-order valence-electron chi connectivity index (χ4n) is 4.39. The first-order valence-corrected chi connectivity index (χ1v) is 13.6. The highest BCUT2D eigenvalue weighted by Crippen LogP contribution is 2.37. The summed E-state index contributed by atoms with van der Waals surface area (Å²) in [5.74, 6) is -1.04. The van der Waals surface area contributed by atoms with Gasteiger partial charge in [-0.05, 0) is 43.9 Å². The van der Waals surface area contributed by atoms with Crippen molar-refractivity contribution in [3.05, 3.63) is 89.6 Å². The van der Waals surface area contributed by atoms with Crippen LogP contribution in [-0.4, -0.2) is 35.7 Å². The van der Waals surface area contributed by atoms with Crippen LogP contribution in [0.3, 0.4) is 0 Å². The summed E-state index contributed by atoms with van der Waals surface area (Å²) in [6, 6.07) is 17.3. The molecule has 0 spiro atoms. The Hall–Kier alpha value is -4.79. The lowest BCUT2D eigenvalue weighted by Gasteiger charge is -2.25. The number of hydrazone groups is 1. The van der Waals surface area contributed by atoms with E-state index >= 15 is 0 Å². The van der Waals surface area contributed by atoms with E-state index in [9.17, 15) is 14.4 Å². The van der Waals surface area contributed by atoms with Crippen LogP contribution >= 0.6 is 0 Å². The van der Waals surface area contributed by atoms with Gasteiger partial charge in [0.05, 0.1) is 29.8 Å². The number of hydrogen-bond donors (Lipinski definition) is 2. The van der Waals surface area contributed by atoms with E-state index in [2.05, 4.69) is 17.1 Å². The zero-order valence-corrected chi connectivity index (χ0v) is 24.0. The summed E-state index contributed by atoms with van der Waals surface area (Å²) < 4.78 is 5.57. The average molecular weight is 556 g/mol. The summed E-state index contributed by atoms with van der Waals surface area (Å²) >= 11 is 0. The van der Waals surface area contributed by atoms with Gasteiger partial charge >= 0.3 is 12.0 Å². The Bertz CT molecular complexity index is 1420. The van der Waals surface area contributed by atoms with Gasteiger partial charge in [0.2, 0.25) is 5.91 Å². The van der Waals surface area contributed by atoms with Gasteiger partial charge in [-0.3, -0.25) is 4.79 Å². The third-order valence-electron chi connectivity index (χ3n) is 6.25. The summed E-state index contributed by atoms with van der Waals surface area (Å²) in [4.78, 5) is 45.2. The molecule has 3 N–H and O–H groups in total. The predicted octanol–water partition coefficient (Wildman–Crippen LogP) is 6.15. The largest absolute Gasteiger partial charge is 0.462 e. The smallest absolute Gasteiger partial charge is 0.340 e. The lowest BCUT2D eigenvalue weighted by atomic mass is 9.92. The van der Waals surface area contributed by atoms with Crippen LogP contribution in [0.25, 0.3) is 11.1 Å². The number of ether oxygens (including phenoxy) is 1. The SMILES string of the molecule is C=C(C)CC(C)C(=O)N/N=C\c1c(N(C(N)=O)c2ccccc2)nc(CC)c(C(=O)OCCC)c1-c1ccccc1. The second-order valence-electron chi connectivity index (χ2n) is 9.71. The van der Waals surface area contributed by atoms with Gasteiger partial charge in [0, 0.05) is 17.0 Å². The minimum Gasteiger partial charge on any atom is -0.462 e. The van der Waals surface area contributed by atoms with Crippen LogP contribution in [0.1, 0.15) is 62.2 Å². The van der Waals surface area contributed by atoms with E-state index in [1.165, 1.54) is 11.1 Å². The Morgan fingerprint density at radius 3 is 2.29 bits per heavy atom. The number of primary amides is 1. The first-order valence-electron chi connectivity index (χ1n) is 13.6. The van der Waals surface area contributed by atoms with Gasteiger partial charge in [0.15, 0.2) is 5.82 Å². The van der Waals surface area contributed by atoms with Crippen molar-refractivity contribution in [1.29, 1.82) is 0 Å². The van der Waals surface area contributed by atoms with Gasteiger partial charge in [-0.15, -0.1) is 6.58 Å². The molecule has 1 unspecified atom stereocenters. The number of urea groups is 1. The lowest BCUT2D eigenvalue weighted by molar-refractivity contribution is -0.124. The van der Waals surface area contributed by atoms with Crippen LogP contribution < -0.4 is 16.1 Å². The summed E-state index contributed by atoms with van der Waals surface area (Å²) in [5.41, 5.74) is 12.0. The van der Waals surface area contributed by atoms with Gasteiger partial charge in [-0.1, -0.05) is 74.9 Å². The van der Waals surface area contributed by atoms with E-state index in [1.54, 1.807) is 31.2 Å². The third-order valence-corrected chi connectivity index (χ3v) is 6.25. The quantitative estimate of drug-likeness (QED) is 0.120. The molecule has 0 aliphatic heterocycles. The minimum absolute atomic E-state index is 0.166. The van der Waals surface area contributed by atoms with Crippen LogP contribution in [-0.2, 0) is 16.0 Å². The molecular weight excluding hydrogens is 518 g/mol. The van der Waals surface area contributed by atoms with Gasteiger partial charge in [0.25, 0.3) is 0 Å². The van der Waals surface area contributed by atoms with E-state index in [4.69, 9.17) is 15.5 Å². The van der Waals surface area contributed by atoms with Crippen LogP contribution in [0, 0.1) is 5.92 Å². The highest BCUT2D eigenvalue weighted by molar-refractivity contribution is 6.10. The molecule has 0 fully saturated rings. The number of carbonyl (C=O) groups excluding carboxylic acids is 3. The summed E-state index contributed by atoms with van der Waals surface area (Å²) in [7, 11) is 0. The van der Waals surface area contributed by atoms with E-state index in [0.29, 0.717) is 47.3 Å². The van der Waals surface area contributed by atoms with E-state index in [0.717, 1.165) is 5.57 Å². The highest BCUT2D eigenvalue weighted by atomic mass is 16.5. The Labute approximate surface area is 241 Å². The number of nitrogens with one attached hydrogen (secondary N) is 1. The van der Waals surface area contributed by atoms with Crippen LogP contribution in [0.5, 0.6) is 0 Å². The summed E-state index contributed by atoms with van der Waals surface area (Å²) in [6.45, 7) is 11.5. The van der Waals surface area contributed by atoms with Crippen molar-refractivity contribution in [3.63, 3.8) is 0 Å². The maximum Gasteiger partial charge on any atom is 0.340 e. The standard InChI is InChI=1S/C32H37N5O4/c1-6-18-41-31(39)28-26(7-2)35-29(37(32(33)40)24-16-12-9-13-17-24)25(27(28)23-14-10-8-11-15-23)20-34-36-30(38)22(5)19-21(3)4/h8-17,20,22H,3,6-7,18-19H2,1-2,4-5H3,(H2,33,40)(H,36,38)/b34-20-. The zero-order valence-electron chi connectivity index (χ0n) is 24.0. The van der Waals surface area contributed by atoms with Crippen LogP contribution in [0.4, 0.5) is 16.3 Å². The Kier molecular flexibility index (Phi) is 10.9. The highest BCUT2D eigenvalue weighted by Gasteiger charge is 2.29. The first-order chi connectivity index (χ1) is 19.7. The van der Waals surface area contributed by atoms with Gasteiger partial charge in [-0.25, -0.2) is 24.9 Å². The molecule has 41 heavy (non-hydrogen) atoms. The summed E-state index contributed by atoms with van der Waals surface area (Å²) in [6.07, 6.45) is 2.92. The molecule has 3 rings (SSSR count). The van der Waals surface area contributed by atoms with Crippen molar-refractivity contribution in [2.24, 2.45) is 16.8 Å². The molecule has 1 atom stereocenters. The van der Waals surface area contributed by atoms with Crippen molar-refractivity contribution in [1.82, 2.24) is 10.4 Å². The average Bonchev–Trinajstić information content (AvgIpc) is 2.96. The molecule has 0 aliphatic carbocycles. The van der Waals surface area contributed by atoms with Crippen molar-refractivity contribution in [2.75, 3.05) is 11.5 Å². The van der Waals surface area contributed by atoms with Crippen molar-refractivity contribution in [2.45, 2.75) is 47.0 Å². The van der Waals surface area contributed by atoms with Crippen LogP contribution in [0.15, 0.2) is 77.9 Å². The Morgan fingerprint density at radius 1 is 1.10 bits per heavy atom. The molecule has 0 saturated carbocycles. The molecule has 3 amide bonds. The number of para-hydroxylation sites is 1. The number of rotatable bonds is 12. The molecule has 0 aliphatic rings. The second kappa shape index (κ2) is 14.6. The molecule has 1 heterocycles. The summed E-state index contributed by atoms with van der Waals surface area (Å²) in [5, 5.41) is 4.25. The molecule has 2 aromatic carbocycles. The molecule has 0 saturated heterocycles. The van der Waals surface area contributed by atoms with E-state index in [1.807, 2.05) is 57.2 Å². The molecule has 9 nitrogen and oxygen atoms in total. The number of anilines is 2. The number of aromatic nitrogens is 1. The number of esters is 1. The van der Waals surface area contributed by atoms with E-state index in [-0.39, 0.29) is 29.8 Å². The molecule has 214 valence electrons. The minimum atomic E-state index is -0.778. The van der Waals surface area contributed by atoms with Crippen molar-refractivity contribution >= 4 is 35.6 Å². The van der Waals surface area contributed by atoms with Crippen molar-refractivity contribution in [3.8, 4) is 11.1 Å². The number of nitrogens with zero attached hydrogens (tertiary/aromatic N) is 3. The third kappa shape index (κ3) is 7.66. The number of benzene rings is 2. The number of carbonyl (C=O) groups is 3. The number of pyridine rings is 1. The number of amides is 3. The maximum absolute atomic E-state index is 13.5. The van der Waals surface area contributed by atoms with Crippen LogP contribution in [0.2, 0.25) is 0 Å². The maximum atomic E-state index is 13.5. The topological polar surface area (TPSA) is 127 Å². The number of hydrogen-bond acceptors (Lipinski definition) is 6. The molecule has 0 bridgehead atoms. The number of nitrogens with two attached hydrogens (primary N) is 1. The van der Waals surface area contributed by atoms with Crippen molar-refractivity contribution < 1.29 is 19.1 Å². The molecule has 1 aromatic heterocycles. The molecule has 3 aromatic rings. The molecule has 0 radical (unpaired) electrons. The normalized spacial score (nSPS) is 11.6. The van der Waals surface area contributed by atoms with E-state index < -0.39 is 12.0 Å². The fraction of sp³-hybridized carbons (Fsp3) is 0.281. The fourth-order valence-corrected chi connectivity index (χ4v) is 4.39. The molecular formula is C32H37N5O4. The number of aryl methyl sites for hydroxylation is 1. The lowest BCUT2D eigenvalue weighted by Crippen LogP contribution is -2.34. The molecule has 9 heteroatoms. The second-order valence-corrected chi connectivity index (χ2v) is 9.71. The van der Waals surface area contributed by atoms with Gasteiger partial charge in [-0.2, -0.15) is 5.10 Å². The van der Waals surface area contributed by atoms with Gasteiger partial charge < -0.3 is 10.5 Å². The first kappa shape index (κ1) is 30.7. The Morgan fingerprint density at radius 2 is 1.73 bits per heavy atom. The number of allylic oxidation sites excluding steroid dienone is 1. The zero-order chi connectivity index (χ0) is 29.9. The predicted molar refractivity (Wildman–Crippen MR) is 162 cm³/mol.